The molecule has 4 N–H and O–H groups in total. The number of ether oxygens (including phenoxy) is 1. The van der Waals surface area contributed by atoms with Crippen LogP contribution in [0.25, 0.3) is 0 Å². The predicted molar refractivity (Wildman–Crippen MR) is 119 cm³/mol. The van der Waals surface area contributed by atoms with Gasteiger partial charge in [0.05, 0.1) is 18.3 Å². The molecule has 2 fully saturated rings. The fraction of sp³-hybridized carbons (Fsp3) is 0.538. The van der Waals surface area contributed by atoms with Crippen LogP contribution >= 0.6 is 0 Å². The van der Waals surface area contributed by atoms with E-state index in [1.165, 1.54) is 29.5 Å². The van der Waals surface area contributed by atoms with Crippen LogP contribution < -0.4 is 4.74 Å². The molecule has 0 spiro atoms. The topological polar surface area (TPSA) is 90.2 Å². The second kappa shape index (κ2) is 9.29. The van der Waals surface area contributed by atoms with Gasteiger partial charge in [-0.3, -0.25) is 0 Å². The SMILES string of the molecule is CC(C)Oc1ccc(Cc2cc([C@@H]3C[C@H](CO)[C@@H](O)[C@H](O)[C@H]3O)ccc2C2CC2)cc1. The standard InChI is InChI=1S/C26H34O5/c1-15(2)31-21-8-3-16(4-9-21)11-19-12-18(7-10-22(19)17-5-6-17)23-13-20(14-27)24(28)26(30)25(23)29/h3-4,7-10,12,15,17,20,23-30H,5-6,11,13-14H2,1-2H3/t20-,23+,24-,25+,26+/m1/s1. The predicted octanol–water partition coefficient (Wildman–Crippen LogP) is 3.12. The summed E-state index contributed by atoms with van der Waals surface area (Å²) in [6.45, 7) is 3.82. The third-order valence-corrected chi connectivity index (χ3v) is 6.69. The first-order chi connectivity index (χ1) is 14.9. The normalized spacial score (nSPS) is 28.7. The Morgan fingerprint density at radius 1 is 0.935 bits per heavy atom. The molecule has 31 heavy (non-hydrogen) atoms. The van der Waals surface area contributed by atoms with Crippen molar-refractivity contribution >= 4 is 0 Å². The Labute approximate surface area is 184 Å². The molecule has 2 saturated carbocycles. The highest BCUT2D eigenvalue weighted by molar-refractivity contribution is 5.42. The zero-order valence-corrected chi connectivity index (χ0v) is 18.3. The maximum atomic E-state index is 10.6. The minimum atomic E-state index is -1.25. The quantitative estimate of drug-likeness (QED) is 0.546. The minimum Gasteiger partial charge on any atom is -0.491 e. The van der Waals surface area contributed by atoms with E-state index in [4.69, 9.17) is 4.74 Å². The largest absolute Gasteiger partial charge is 0.491 e. The lowest BCUT2D eigenvalue weighted by atomic mass is 9.72. The highest BCUT2D eigenvalue weighted by atomic mass is 16.5. The molecule has 2 aliphatic carbocycles. The lowest BCUT2D eigenvalue weighted by Crippen LogP contribution is -2.51. The van der Waals surface area contributed by atoms with Crippen LogP contribution in [0.1, 0.15) is 67.2 Å². The molecule has 2 aromatic carbocycles. The van der Waals surface area contributed by atoms with Crippen LogP contribution in [0.15, 0.2) is 42.5 Å². The van der Waals surface area contributed by atoms with Gasteiger partial charge in [0.1, 0.15) is 11.9 Å². The van der Waals surface area contributed by atoms with E-state index < -0.39 is 24.2 Å². The van der Waals surface area contributed by atoms with Gasteiger partial charge in [0.15, 0.2) is 0 Å². The van der Waals surface area contributed by atoms with Crippen molar-refractivity contribution in [3.05, 3.63) is 64.7 Å². The van der Waals surface area contributed by atoms with E-state index in [2.05, 4.69) is 24.3 Å². The minimum absolute atomic E-state index is 0.141. The molecule has 0 aliphatic heterocycles. The van der Waals surface area contributed by atoms with Crippen LogP contribution in [0, 0.1) is 5.92 Å². The van der Waals surface area contributed by atoms with Crippen molar-refractivity contribution in [2.24, 2.45) is 5.92 Å². The second-order valence-corrected chi connectivity index (χ2v) is 9.48. The molecule has 0 amide bonds. The number of aliphatic hydroxyl groups is 4. The number of rotatable bonds is 7. The van der Waals surface area contributed by atoms with E-state index in [9.17, 15) is 20.4 Å². The molecular weight excluding hydrogens is 392 g/mol. The highest BCUT2D eigenvalue weighted by Gasteiger charge is 2.43. The van der Waals surface area contributed by atoms with E-state index in [0.717, 1.165) is 17.7 Å². The number of hydrogen-bond donors (Lipinski definition) is 4. The summed E-state index contributed by atoms with van der Waals surface area (Å²) in [5, 5.41) is 40.7. The van der Waals surface area contributed by atoms with Gasteiger partial charge in [0.25, 0.3) is 0 Å². The molecule has 0 aromatic heterocycles. The molecular formula is C26H34O5. The van der Waals surface area contributed by atoms with Crippen molar-refractivity contribution in [3.63, 3.8) is 0 Å². The van der Waals surface area contributed by atoms with Crippen LogP contribution in [0.2, 0.25) is 0 Å². The van der Waals surface area contributed by atoms with Crippen LogP contribution in [0.3, 0.4) is 0 Å². The first-order valence-electron chi connectivity index (χ1n) is 11.4. The summed E-state index contributed by atoms with van der Waals surface area (Å²) < 4.78 is 5.75. The van der Waals surface area contributed by atoms with Crippen molar-refractivity contribution in [1.82, 2.24) is 0 Å². The van der Waals surface area contributed by atoms with Crippen molar-refractivity contribution in [2.75, 3.05) is 6.61 Å². The van der Waals surface area contributed by atoms with Gasteiger partial charge in [-0.15, -0.1) is 0 Å². The molecule has 5 heteroatoms. The molecule has 5 nitrogen and oxygen atoms in total. The molecule has 0 unspecified atom stereocenters. The Morgan fingerprint density at radius 2 is 1.65 bits per heavy atom. The third kappa shape index (κ3) is 4.96. The van der Waals surface area contributed by atoms with Crippen molar-refractivity contribution in [2.45, 2.75) is 75.8 Å². The lowest BCUT2D eigenvalue weighted by Gasteiger charge is -2.40. The van der Waals surface area contributed by atoms with Gasteiger partial charge in [-0.1, -0.05) is 30.3 Å². The van der Waals surface area contributed by atoms with Crippen LogP contribution in [0.5, 0.6) is 5.75 Å². The average molecular weight is 427 g/mol. The zero-order valence-electron chi connectivity index (χ0n) is 18.3. The van der Waals surface area contributed by atoms with E-state index in [1.807, 2.05) is 32.0 Å². The van der Waals surface area contributed by atoms with Crippen LogP contribution in [0.4, 0.5) is 0 Å². The van der Waals surface area contributed by atoms with E-state index >= 15 is 0 Å². The van der Waals surface area contributed by atoms with Crippen molar-refractivity contribution in [3.8, 4) is 5.75 Å². The lowest BCUT2D eigenvalue weighted by molar-refractivity contribution is -0.127. The summed E-state index contributed by atoms with van der Waals surface area (Å²) in [5.41, 5.74) is 4.75. The smallest absolute Gasteiger partial charge is 0.119 e. The Morgan fingerprint density at radius 3 is 2.26 bits per heavy atom. The monoisotopic (exact) mass is 426 g/mol. The Kier molecular flexibility index (Phi) is 6.68. The Bertz CT molecular complexity index is 872. The fourth-order valence-corrected chi connectivity index (χ4v) is 4.82. The van der Waals surface area contributed by atoms with E-state index in [1.54, 1.807) is 0 Å². The number of aliphatic hydroxyl groups excluding tert-OH is 4. The van der Waals surface area contributed by atoms with Crippen LogP contribution in [-0.2, 0) is 6.42 Å². The van der Waals surface area contributed by atoms with E-state index in [0.29, 0.717) is 12.3 Å². The molecule has 2 aromatic rings. The summed E-state index contributed by atoms with van der Waals surface area (Å²) in [4.78, 5) is 0. The Balaban J connectivity index is 1.60. The summed E-state index contributed by atoms with van der Waals surface area (Å²) in [5.74, 6) is 0.706. The first kappa shape index (κ1) is 22.3. The van der Waals surface area contributed by atoms with Gasteiger partial charge in [-0.2, -0.15) is 0 Å². The van der Waals surface area contributed by atoms with Gasteiger partial charge in [-0.05, 0) is 79.8 Å². The van der Waals surface area contributed by atoms with Crippen molar-refractivity contribution in [1.29, 1.82) is 0 Å². The molecule has 0 radical (unpaired) electrons. The second-order valence-electron chi connectivity index (χ2n) is 9.48. The van der Waals surface area contributed by atoms with Gasteiger partial charge >= 0.3 is 0 Å². The molecule has 168 valence electrons. The van der Waals surface area contributed by atoms with Gasteiger partial charge in [0, 0.05) is 18.4 Å². The molecule has 0 bridgehead atoms. The molecule has 0 saturated heterocycles. The summed E-state index contributed by atoms with van der Waals surface area (Å²) in [6, 6.07) is 14.6. The maximum Gasteiger partial charge on any atom is 0.119 e. The average Bonchev–Trinajstić information content (AvgIpc) is 3.59. The number of hydrogen-bond acceptors (Lipinski definition) is 5. The highest BCUT2D eigenvalue weighted by Crippen LogP contribution is 2.44. The molecule has 0 heterocycles. The van der Waals surface area contributed by atoms with E-state index in [-0.39, 0.29) is 18.6 Å². The van der Waals surface area contributed by atoms with Gasteiger partial charge in [-0.25, -0.2) is 0 Å². The summed E-state index contributed by atoms with van der Waals surface area (Å²) >= 11 is 0. The maximum absolute atomic E-state index is 10.6. The van der Waals surface area contributed by atoms with Crippen molar-refractivity contribution < 1.29 is 25.2 Å². The van der Waals surface area contributed by atoms with Gasteiger partial charge < -0.3 is 25.2 Å². The zero-order chi connectivity index (χ0) is 22.1. The fourth-order valence-electron chi connectivity index (χ4n) is 4.82. The van der Waals surface area contributed by atoms with Crippen LogP contribution in [-0.4, -0.2) is 51.4 Å². The summed E-state index contributed by atoms with van der Waals surface area (Å²) in [7, 11) is 0. The summed E-state index contributed by atoms with van der Waals surface area (Å²) in [6.07, 6.45) is 0.378. The molecule has 4 rings (SSSR count). The Hall–Kier alpha value is -1.92. The molecule has 2 aliphatic rings. The third-order valence-electron chi connectivity index (χ3n) is 6.69. The van der Waals surface area contributed by atoms with Gasteiger partial charge in [0.2, 0.25) is 0 Å². The number of benzene rings is 2. The first-order valence-corrected chi connectivity index (χ1v) is 11.4. The molecule has 5 atom stereocenters.